The summed E-state index contributed by atoms with van der Waals surface area (Å²) in [5, 5.41) is 0. The number of nitrogens with zero attached hydrogens (tertiary/aromatic N) is 1. The topological polar surface area (TPSA) is 29.9 Å². The maximum atomic E-state index is 5.41. The fourth-order valence-corrected chi connectivity index (χ4v) is 2.57. The standard InChI is InChI=1S/C10H16N2OS/c1-10(2)7(6-8(10)13-3)12-5-4-11-9(12)14/h4-5,7-8H,6H2,1-3H3,(H,11,14). The minimum Gasteiger partial charge on any atom is -0.381 e. The summed E-state index contributed by atoms with van der Waals surface area (Å²) in [5.74, 6) is 0. The molecule has 0 amide bonds. The molecule has 4 heteroatoms. The van der Waals surface area contributed by atoms with Gasteiger partial charge in [0, 0.05) is 31.0 Å². The largest absolute Gasteiger partial charge is 0.381 e. The van der Waals surface area contributed by atoms with Crippen LogP contribution in [0, 0.1) is 10.2 Å². The lowest BCUT2D eigenvalue weighted by atomic mass is 9.64. The number of aromatic amines is 1. The van der Waals surface area contributed by atoms with E-state index in [-0.39, 0.29) is 5.41 Å². The smallest absolute Gasteiger partial charge is 0.177 e. The molecule has 0 radical (unpaired) electrons. The molecule has 2 atom stereocenters. The Hall–Kier alpha value is -0.610. The van der Waals surface area contributed by atoms with E-state index in [0.29, 0.717) is 12.1 Å². The quantitative estimate of drug-likeness (QED) is 0.763. The highest BCUT2D eigenvalue weighted by Gasteiger charge is 2.49. The second-order valence-corrected chi connectivity index (χ2v) is 4.86. The summed E-state index contributed by atoms with van der Waals surface area (Å²) in [6.45, 7) is 4.45. The van der Waals surface area contributed by atoms with Crippen LogP contribution in [0.25, 0.3) is 0 Å². The molecule has 1 N–H and O–H groups in total. The van der Waals surface area contributed by atoms with Gasteiger partial charge >= 0.3 is 0 Å². The van der Waals surface area contributed by atoms with Crippen LogP contribution >= 0.6 is 12.2 Å². The van der Waals surface area contributed by atoms with Gasteiger partial charge in [-0.05, 0) is 18.6 Å². The summed E-state index contributed by atoms with van der Waals surface area (Å²) in [5.41, 5.74) is 0.176. The van der Waals surface area contributed by atoms with Crippen LogP contribution in [0.2, 0.25) is 0 Å². The van der Waals surface area contributed by atoms with Crippen molar-refractivity contribution in [2.75, 3.05) is 7.11 Å². The van der Waals surface area contributed by atoms with Gasteiger partial charge in [-0.25, -0.2) is 0 Å². The zero-order chi connectivity index (χ0) is 10.3. The Morgan fingerprint density at radius 1 is 1.64 bits per heavy atom. The van der Waals surface area contributed by atoms with Crippen molar-refractivity contribution in [1.82, 2.24) is 9.55 Å². The zero-order valence-electron chi connectivity index (χ0n) is 8.78. The van der Waals surface area contributed by atoms with Gasteiger partial charge in [-0.1, -0.05) is 13.8 Å². The number of hydrogen-bond acceptors (Lipinski definition) is 2. The van der Waals surface area contributed by atoms with E-state index in [1.807, 2.05) is 12.4 Å². The molecule has 1 aliphatic carbocycles. The molecule has 2 unspecified atom stereocenters. The zero-order valence-corrected chi connectivity index (χ0v) is 9.60. The van der Waals surface area contributed by atoms with Crippen molar-refractivity contribution in [3.8, 4) is 0 Å². The van der Waals surface area contributed by atoms with Gasteiger partial charge in [0.2, 0.25) is 0 Å². The summed E-state index contributed by atoms with van der Waals surface area (Å²) in [7, 11) is 1.78. The van der Waals surface area contributed by atoms with Gasteiger partial charge in [0.1, 0.15) is 0 Å². The van der Waals surface area contributed by atoms with Gasteiger partial charge in [-0.3, -0.25) is 0 Å². The number of H-pyrrole nitrogens is 1. The Morgan fingerprint density at radius 2 is 2.36 bits per heavy atom. The van der Waals surface area contributed by atoms with Gasteiger partial charge in [0.05, 0.1) is 6.10 Å². The van der Waals surface area contributed by atoms with Crippen LogP contribution < -0.4 is 0 Å². The lowest BCUT2D eigenvalue weighted by Gasteiger charge is -2.51. The van der Waals surface area contributed by atoms with Crippen molar-refractivity contribution < 1.29 is 4.74 Å². The predicted octanol–water partition coefficient (Wildman–Crippen LogP) is 2.53. The number of aromatic nitrogens is 2. The first-order valence-corrected chi connectivity index (χ1v) is 5.26. The van der Waals surface area contributed by atoms with Gasteiger partial charge in [-0.15, -0.1) is 0 Å². The third kappa shape index (κ3) is 1.25. The number of ether oxygens (including phenoxy) is 1. The molecule has 14 heavy (non-hydrogen) atoms. The van der Waals surface area contributed by atoms with Crippen LogP contribution in [-0.4, -0.2) is 22.8 Å². The maximum Gasteiger partial charge on any atom is 0.177 e. The van der Waals surface area contributed by atoms with E-state index in [1.54, 1.807) is 7.11 Å². The second-order valence-electron chi connectivity index (χ2n) is 4.47. The Labute approximate surface area is 89.1 Å². The van der Waals surface area contributed by atoms with Crippen LogP contribution in [0.15, 0.2) is 12.4 Å². The number of methoxy groups -OCH3 is 1. The lowest BCUT2D eigenvalue weighted by molar-refractivity contribution is -0.113. The normalized spacial score (nSPS) is 29.9. The lowest BCUT2D eigenvalue weighted by Crippen LogP contribution is -2.50. The first kappa shape index (κ1) is 9.93. The summed E-state index contributed by atoms with van der Waals surface area (Å²) < 4.78 is 8.35. The van der Waals surface area contributed by atoms with Crippen molar-refractivity contribution >= 4 is 12.2 Å². The SMILES string of the molecule is COC1CC(n2cc[nH]c2=S)C1(C)C. The highest BCUT2D eigenvalue weighted by Crippen LogP contribution is 2.50. The number of hydrogen-bond donors (Lipinski definition) is 1. The van der Waals surface area contributed by atoms with Gasteiger partial charge in [0.25, 0.3) is 0 Å². The first-order valence-electron chi connectivity index (χ1n) is 4.85. The fraction of sp³-hybridized carbons (Fsp3) is 0.700. The number of rotatable bonds is 2. The molecule has 0 bridgehead atoms. The van der Waals surface area contributed by atoms with E-state index in [4.69, 9.17) is 17.0 Å². The number of imidazole rings is 1. The van der Waals surface area contributed by atoms with Crippen LogP contribution in [0.4, 0.5) is 0 Å². The van der Waals surface area contributed by atoms with Crippen molar-refractivity contribution in [3.63, 3.8) is 0 Å². The molecular weight excluding hydrogens is 196 g/mol. The summed E-state index contributed by atoms with van der Waals surface area (Å²) in [4.78, 5) is 3.03. The van der Waals surface area contributed by atoms with E-state index in [9.17, 15) is 0 Å². The molecule has 1 aromatic rings. The van der Waals surface area contributed by atoms with Crippen LogP contribution in [0.1, 0.15) is 26.3 Å². The summed E-state index contributed by atoms with van der Waals surface area (Å²) >= 11 is 5.21. The van der Waals surface area contributed by atoms with E-state index >= 15 is 0 Å². The minimum atomic E-state index is 0.176. The van der Waals surface area contributed by atoms with E-state index in [0.717, 1.165) is 11.2 Å². The molecule has 1 fully saturated rings. The summed E-state index contributed by atoms with van der Waals surface area (Å²) in [6.07, 6.45) is 5.30. The molecule has 1 heterocycles. The average molecular weight is 212 g/mol. The van der Waals surface area contributed by atoms with Crippen LogP contribution in [-0.2, 0) is 4.74 Å². The van der Waals surface area contributed by atoms with Crippen LogP contribution in [0.5, 0.6) is 0 Å². The molecule has 0 saturated heterocycles. The third-order valence-electron chi connectivity index (χ3n) is 3.42. The molecule has 78 valence electrons. The minimum absolute atomic E-state index is 0.176. The highest BCUT2D eigenvalue weighted by atomic mass is 32.1. The number of nitrogens with one attached hydrogen (secondary N) is 1. The van der Waals surface area contributed by atoms with Crippen molar-refractivity contribution in [2.24, 2.45) is 5.41 Å². The van der Waals surface area contributed by atoms with E-state index in [2.05, 4.69) is 23.4 Å². The molecule has 0 aromatic carbocycles. The van der Waals surface area contributed by atoms with Gasteiger partial charge in [0.15, 0.2) is 4.77 Å². The maximum absolute atomic E-state index is 5.41. The Bertz CT molecular complexity index is 379. The Morgan fingerprint density at radius 3 is 2.79 bits per heavy atom. The highest BCUT2D eigenvalue weighted by molar-refractivity contribution is 7.71. The van der Waals surface area contributed by atoms with Crippen LogP contribution in [0.3, 0.4) is 0 Å². The van der Waals surface area contributed by atoms with E-state index < -0.39 is 0 Å². The molecule has 1 aromatic heterocycles. The second kappa shape index (κ2) is 3.21. The van der Waals surface area contributed by atoms with E-state index in [1.165, 1.54) is 0 Å². The van der Waals surface area contributed by atoms with Gasteiger partial charge < -0.3 is 14.3 Å². The monoisotopic (exact) mass is 212 g/mol. The molecule has 2 rings (SSSR count). The average Bonchev–Trinajstić information content (AvgIpc) is 2.51. The fourth-order valence-electron chi connectivity index (χ4n) is 2.31. The molecule has 3 nitrogen and oxygen atoms in total. The molecule has 1 aliphatic rings. The molecule has 0 spiro atoms. The van der Waals surface area contributed by atoms with Gasteiger partial charge in [-0.2, -0.15) is 0 Å². The summed E-state index contributed by atoms with van der Waals surface area (Å²) in [6, 6.07) is 0.464. The molecular formula is C10H16N2OS. The molecule has 0 aliphatic heterocycles. The Balaban J connectivity index is 2.25. The van der Waals surface area contributed by atoms with Crippen molar-refractivity contribution in [1.29, 1.82) is 0 Å². The Kier molecular flexibility index (Phi) is 2.27. The molecule has 1 saturated carbocycles. The third-order valence-corrected chi connectivity index (χ3v) is 3.75. The van der Waals surface area contributed by atoms with Crippen molar-refractivity contribution in [3.05, 3.63) is 17.2 Å². The van der Waals surface area contributed by atoms with Crippen molar-refractivity contribution in [2.45, 2.75) is 32.4 Å². The first-order chi connectivity index (χ1) is 6.57. The predicted molar refractivity (Wildman–Crippen MR) is 57.8 cm³/mol.